The lowest BCUT2D eigenvalue weighted by molar-refractivity contribution is -0.385. The summed E-state index contributed by atoms with van der Waals surface area (Å²) in [7, 11) is 0. The Hall–Kier alpha value is -4.80. The number of carbonyl (C=O) groups excluding carboxylic acids is 2. The van der Waals surface area contributed by atoms with Gasteiger partial charge in [0.25, 0.3) is 23.1 Å². The van der Waals surface area contributed by atoms with Crippen LogP contribution in [0.2, 0.25) is 0 Å². The summed E-state index contributed by atoms with van der Waals surface area (Å²) in [4.78, 5) is 51.5. The van der Waals surface area contributed by atoms with E-state index >= 15 is 0 Å². The van der Waals surface area contributed by atoms with Crippen LogP contribution in [0, 0.1) is 10.1 Å². The number of pyridine rings is 2. The van der Waals surface area contributed by atoms with Crippen LogP contribution < -0.4 is 16.4 Å². The molecule has 4 rings (SSSR count). The number of hydrogen-bond acceptors (Lipinski definition) is 7. The van der Waals surface area contributed by atoms with Gasteiger partial charge in [-0.3, -0.25) is 39.9 Å². The van der Waals surface area contributed by atoms with Crippen molar-refractivity contribution in [1.29, 1.82) is 0 Å². The minimum Gasteiger partial charge on any atom is -0.463 e. The van der Waals surface area contributed by atoms with Crippen molar-refractivity contribution in [3.05, 3.63) is 93.1 Å². The first-order valence-electron chi connectivity index (χ1n) is 9.30. The number of benzene rings is 1. The zero-order chi connectivity index (χ0) is 22.7. The molecule has 160 valence electrons. The number of hydrazine groups is 1. The van der Waals surface area contributed by atoms with Gasteiger partial charge in [0.15, 0.2) is 5.76 Å². The molecule has 1 aromatic carbocycles. The standard InChI is InChI=1S/C21H15N5O6/c27-19(12-25-11-13(26(30)31)7-8-20(25)28)23-24-21(29)15-10-17(18-6-3-9-32-18)22-16-5-2-1-4-14(15)16/h1-11H,12H2,(H,23,27)(H,24,29). The van der Waals surface area contributed by atoms with Crippen molar-refractivity contribution < 1.29 is 18.9 Å². The van der Waals surface area contributed by atoms with E-state index in [0.717, 1.165) is 22.9 Å². The molecule has 2 amide bonds. The van der Waals surface area contributed by atoms with E-state index in [-0.39, 0.29) is 11.3 Å². The normalized spacial score (nSPS) is 10.6. The van der Waals surface area contributed by atoms with Crippen LogP contribution in [-0.4, -0.2) is 26.3 Å². The van der Waals surface area contributed by atoms with E-state index < -0.39 is 28.8 Å². The molecule has 0 aliphatic carbocycles. The number of amides is 2. The van der Waals surface area contributed by atoms with E-state index in [2.05, 4.69) is 15.8 Å². The number of carbonyl (C=O) groups is 2. The number of aromatic nitrogens is 2. The van der Waals surface area contributed by atoms with E-state index in [1.165, 1.54) is 12.3 Å². The Morgan fingerprint density at radius 3 is 2.66 bits per heavy atom. The predicted molar refractivity (Wildman–Crippen MR) is 112 cm³/mol. The monoisotopic (exact) mass is 433 g/mol. The zero-order valence-corrected chi connectivity index (χ0v) is 16.3. The fraction of sp³-hybridized carbons (Fsp3) is 0.0476. The number of furan rings is 1. The van der Waals surface area contributed by atoms with Crippen LogP contribution in [0.3, 0.4) is 0 Å². The SMILES string of the molecule is O=C(Cn1cc([N+](=O)[O-])ccc1=O)NNC(=O)c1cc(-c2ccco2)nc2ccccc12. The Morgan fingerprint density at radius 1 is 1.09 bits per heavy atom. The maximum absolute atomic E-state index is 12.8. The number of nitro groups is 1. The zero-order valence-electron chi connectivity index (χ0n) is 16.3. The number of hydrogen-bond donors (Lipinski definition) is 2. The van der Waals surface area contributed by atoms with Gasteiger partial charge in [-0.05, 0) is 24.3 Å². The molecule has 0 saturated carbocycles. The third kappa shape index (κ3) is 4.21. The summed E-state index contributed by atoms with van der Waals surface area (Å²) in [6, 6.07) is 14.0. The topological polar surface area (TPSA) is 149 Å². The van der Waals surface area contributed by atoms with Gasteiger partial charge in [0.2, 0.25) is 0 Å². The smallest absolute Gasteiger partial charge is 0.285 e. The molecule has 0 spiro atoms. The second-order valence-electron chi connectivity index (χ2n) is 6.66. The van der Waals surface area contributed by atoms with Crippen LogP contribution >= 0.6 is 0 Å². The molecule has 0 unspecified atom stereocenters. The van der Waals surface area contributed by atoms with Crippen molar-refractivity contribution in [2.75, 3.05) is 0 Å². The number of rotatable bonds is 5. The van der Waals surface area contributed by atoms with Gasteiger partial charge in [0.05, 0.1) is 28.5 Å². The van der Waals surface area contributed by atoms with Gasteiger partial charge in [-0.1, -0.05) is 18.2 Å². The van der Waals surface area contributed by atoms with Crippen molar-refractivity contribution in [3.8, 4) is 11.5 Å². The van der Waals surface area contributed by atoms with Crippen molar-refractivity contribution >= 4 is 28.4 Å². The van der Waals surface area contributed by atoms with Crippen molar-refractivity contribution in [2.45, 2.75) is 6.54 Å². The Morgan fingerprint density at radius 2 is 1.91 bits per heavy atom. The Balaban J connectivity index is 1.53. The average Bonchev–Trinajstić information content (AvgIpc) is 3.33. The van der Waals surface area contributed by atoms with Crippen LogP contribution in [0.1, 0.15) is 10.4 Å². The van der Waals surface area contributed by atoms with E-state index in [1.807, 2.05) is 0 Å². The van der Waals surface area contributed by atoms with E-state index in [0.29, 0.717) is 22.4 Å². The maximum Gasteiger partial charge on any atom is 0.285 e. The predicted octanol–water partition coefficient (Wildman–Crippen LogP) is 2.03. The third-order valence-electron chi connectivity index (χ3n) is 4.54. The molecule has 3 heterocycles. The number of nitrogens with one attached hydrogen (secondary N) is 2. The minimum absolute atomic E-state index is 0.245. The van der Waals surface area contributed by atoms with Crippen molar-refractivity contribution in [1.82, 2.24) is 20.4 Å². The molecule has 0 atom stereocenters. The maximum atomic E-state index is 12.8. The lowest BCUT2D eigenvalue weighted by Crippen LogP contribution is -2.44. The molecule has 0 saturated heterocycles. The Labute approximate surface area is 179 Å². The average molecular weight is 433 g/mol. The van der Waals surface area contributed by atoms with Crippen LogP contribution in [0.15, 0.2) is 76.3 Å². The van der Waals surface area contributed by atoms with Crippen LogP contribution in [-0.2, 0) is 11.3 Å². The van der Waals surface area contributed by atoms with Gasteiger partial charge in [0, 0.05) is 17.5 Å². The second-order valence-corrected chi connectivity index (χ2v) is 6.66. The van der Waals surface area contributed by atoms with Gasteiger partial charge in [-0.2, -0.15) is 0 Å². The molecule has 0 aliphatic rings. The highest BCUT2D eigenvalue weighted by Crippen LogP contribution is 2.25. The first-order chi connectivity index (χ1) is 15.4. The third-order valence-corrected chi connectivity index (χ3v) is 4.54. The summed E-state index contributed by atoms with van der Waals surface area (Å²) >= 11 is 0. The van der Waals surface area contributed by atoms with Gasteiger partial charge in [-0.15, -0.1) is 0 Å². The summed E-state index contributed by atoms with van der Waals surface area (Å²) in [6.45, 7) is -0.518. The highest BCUT2D eigenvalue weighted by Gasteiger charge is 2.16. The fourth-order valence-corrected chi connectivity index (χ4v) is 3.05. The minimum atomic E-state index is -0.745. The fourth-order valence-electron chi connectivity index (χ4n) is 3.05. The lowest BCUT2D eigenvalue weighted by atomic mass is 10.1. The van der Waals surface area contributed by atoms with E-state index in [9.17, 15) is 24.5 Å². The molecule has 11 heteroatoms. The number of fused-ring (bicyclic) bond motifs is 1. The molecule has 0 bridgehead atoms. The van der Waals surface area contributed by atoms with Crippen LogP contribution in [0.25, 0.3) is 22.4 Å². The summed E-state index contributed by atoms with van der Waals surface area (Å²) in [5.74, 6) is -0.888. The highest BCUT2D eigenvalue weighted by atomic mass is 16.6. The molecule has 2 N–H and O–H groups in total. The first kappa shape index (κ1) is 20.5. The highest BCUT2D eigenvalue weighted by molar-refractivity contribution is 6.07. The van der Waals surface area contributed by atoms with Crippen LogP contribution in [0.5, 0.6) is 0 Å². The Bertz CT molecular complexity index is 1390. The first-order valence-corrected chi connectivity index (χ1v) is 9.30. The largest absolute Gasteiger partial charge is 0.463 e. The number of para-hydroxylation sites is 1. The van der Waals surface area contributed by atoms with Crippen molar-refractivity contribution in [2.24, 2.45) is 0 Å². The molecule has 32 heavy (non-hydrogen) atoms. The lowest BCUT2D eigenvalue weighted by Gasteiger charge is -2.11. The van der Waals surface area contributed by atoms with E-state index in [1.54, 1.807) is 36.4 Å². The Kier molecular flexibility index (Phi) is 5.45. The van der Waals surface area contributed by atoms with Gasteiger partial charge >= 0.3 is 0 Å². The van der Waals surface area contributed by atoms with E-state index in [4.69, 9.17) is 4.42 Å². The molecule has 11 nitrogen and oxygen atoms in total. The summed E-state index contributed by atoms with van der Waals surface area (Å²) in [6.07, 6.45) is 2.44. The molecule has 0 fully saturated rings. The quantitative estimate of drug-likeness (QED) is 0.361. The molecular weight excluding hydrogens is 418 g/mol. The van der Waals surface area contributed by atoms with Crippen molar-refractivity contribution in [3.63, 3.8) is 0 Å². The van der Waals surface area contributed by atoms with Gasteiger partial charge < -0.3 is 4.42 Å². The molecule has 0 radical (unpaired) electrons. The van der Waals surface area contributed by atoms with Gasteiger partial charge in [0.1, 0.15) is 12.2 Å². The summed E-state index contributed by atoms with van der Waals surface area (Å²) < 4.78 is 6.23. The molecular formula is C21H15N5O6. The summed E-state index contributed by atoms with van der Waals surface area (Å²) in [5.41, 5.74) is 4.81. The van der Waals surface area contributed by atoms with Crippen LogP contribution in [0.4, 0.5) is 5.69 Å². The molecule has 0 aliphatic heterocycles. The van der Waals surface area contributed by atoms with Gasteiger partial charge in [-0.25, -0.2) is 4.98 Å². The molecule has 4 aromatic rings. The summed E-state index contributed by atoms with van der Waals surface area (Å²) in [5, 5.41) is 11.4. The molecule has 3 aromatic heterocycles. The number of nitrogens with zero attached hydrogens (tertiary/aromatic N) is 3. The second kappa shape index (κ2) is 8.52.